The zero-order valence-electron chi connectivity index (χ0n) is 11.8. The summed E-state index contributed by atoms with van der Waals surface area (Å²) in [7, 11) is 2.90. The Balaban J connectivity index is 3.18. The van der Waals surface area contributed by atoms with Gasteiger partial charge in [-0.2, -0.15) is 0 Å². The van der Waals surface area contributed by atoms with Crippen molar-refractivity contribution < 1.29 is 14.3 Å². The minimum absolute atomic E-state index is 0.394. The van der Waals surface area contributed by atoms with E-state index in [9.17, 15) is 4.79 Å². The van der Waals surface area contributed by atoms with E-state index in [1.807, 2.05) is 18.7 Å². The quantitative estimate of drug-likeness (QED) is 0.450. The third kappa shape index (κ3) is 3.71. The molecule has 0 unspecified atom stereocenters. The van der Waals surface area contributed by atoms with Crippen LogP contribution in [0.5, 0.6) is 5.75 Å². The predicted octanol–water partition coefficient (Wildman–Crippen LogP) is 2.48. The molecule has 19 heavy (non-hydrogen) atoms. The van der Waals surface area contributed by atoms with Gasteiger partial charge in [-0.25, -0.2) is 9.79 Å². The van der Waals surface area contributed by atoms with Crippen LogP contribution in [0.1, 0.15) is 24.2 Å². The molecule has 0 radical (unpaired) electrons. The summed E-state index contributed by atoms with van der Waals surface area (Å²) in [5.74, 6) is 0.122. The first-order chi connectivity index (χ1) is 9.17. The van der Waals surface area contributed by atoms with Crippen LogP contribution in [0.15, 0.2) is 23.2 Å². The van der Waals surface area contributed by atoms with Gasteiger partial charge in [0.15, 0.2) is 0 Å². The van der Waals surface area contributed by atoms with Gasteiger partial charge in [0.05, 0.1) is 26.1 Å². The minimum atomic E-state index is -0.425. The molecule has 104 valence electrons. The van der Waals surface area contributed by atoms with E-state index in [-0.39, 0.29) is 0 Å². The summed E-state index contributed by atoms with van der Waals surface area (Å²) in [6.07, 6.45) is 1.71. The van der Waals surface area contributed by atoms with Crippen LogP contribution < -0.4 is 4.74 Å². The Hall–Kier alpha value is -2.04. The van der Waals surface area contributed by atoms with E-state index in [2.05, 4.69) is 4.99 Å². The first-order valence-electron chi connectivity index (χ1n) is 6.21. The maximum atomic E-state index is 11.7. The van der Waals surface area contributed by atoms with Crippen molar-refractivity contribution in [3.63, 3.8) is 0 Å². The lowest BCUT2D eigenvalue weighted by Crippen LogP contribution is -2.20. The summed E-state index contributed by atoms with van der Waals surface area (Å²) < 4.78 is 9.99. The summed E-state index contributed by atoms with van der Waals surface area (Å²) in [5, 5.41) is 0. The van der Waals surface area contributed by atoms with Crippen LogP contribution >= 0.6 is 0 Å². The lowest BCUT2D eigenvalue weighted by atomic mass is 10.1. The van der Waals surface area contributed by atoms with Crippen molar-refractivity contribution in [2.75, 3.05) is 27.3 Å². The second-order valence-electron chi connectivity index (χ2n) is 3.81. The van der Waals surface area contributed by atoms with Gasteiger partial charge in [0, 0.05) is 13.1 Å². The van der Waals surface area contributed by atoms with E-state index < -0.39 is 5.97 Å². The van der Waals surface area contributed by atoms with Crippen LogP contribution in [-0.4, -0.2) is 44.5 Å². The largest absolute Gasteiger partial charge is 0.494 e. The second-order valence-corrected chi connectivity index (χ2v) is 3.81. The number of methoxy groups -OCH3 is 2. The Morgan fingerprint density at radius 2 is 2.00 bits per heavy atom. The number of carbonyl (C=O) groups excluding carboxylic acids is 1. The van der Waals surface area contributed by atoms with Gasteiger partial charge in [0.25, 0.3) is 0 Å². The normalized spacial score (nSPS) is 10.5. The van der Waals surface area contributed by atoms with Gasteiger partial charge in [0.2, 0.25) is 0 Å². The van der Waals surface area contributed by atoms with E-state index in [1.165, 1.54) is 7.11 Å². The Bertz CT molecular complexity index is 454. The van der Waals surface area contributed by atoms with Crippen LogP contribution in [-0.2, 0) is 4.74 Å². The van der Waals surface area contributed by atoms with Gasteiger partial charge in [0.1, 0.15) is 11.4 Å². The van der Waals surface area contributed by atoms with E-state index in [4.69, 9.17) is 9.47 Å². The van der Waals surface area contributed by atoms with Gasteiger partial charge in [-0.3, -0.25) is 0 Å². The molecule has 5 heteroatoms. The fraction of sp³-hybridized carbons (Fsp3) is 0.429. The van der Waals surface area contributed by atoms with Crippen molar-refractivity contribution in [2.24, 2.45) is 4.99 Å². The summed E-state index contributed by atoms with van der Waals surface area (Å²) >= 11 is 0. The van der Waals surface area contributed by atoms with Crippen molar-refractivity contribution in [2.45, 2.75) is 13.8 Å². The van der Waals surface area contributed by atoms with Crippen LogP contribution in [0.3, 0.4) is 0 Å². The number of benzene rings is 1. The highest BCUT2D eigenvalue weighted by Gasteiger charge is 2.15. The van der Waals surface area contributed by atoms with Gasteiger partial charge in [-0.1, -0.05) is 6.07 Å². The molecule has 0 amide bonds. The molecule has 0 saturated heterocycles. The van der Waals surface area contributed by atoms with E-state index in [0.29, 0.717) is 17.0 Å². The maximum Gasteiger partial charge on any atom is 0.340 e. The Labute approximate surface area is 113 Å². The molecule has 1 aromatic rings. The lowest BCUT2D eigenvalue weighted by Gasteiger charge is -2.14. The highest BCUT2D eigenvalue weighted by atomic mass is 16.5. The number of nitrogens with zero attached hydrogens (tertiary/aromatic N) is 2. The number of esters is 1. The molecule has 0 aliphatic heterocycles. The Morgan fingerprint density at radius 1 is 1.32 bits per heavy atom. The third-order valence-electron chi connectivity index (χ3n) is 2.79. The van der Waals surface area contributed by atoms with E-state index in [1.54, 1.807) is 31.6 Å². The summed E-state index contributed by atoms with van der Waals surface area (Å²) in [6.45, 7) is 5.78. The number of hydrogen-bond donors (Lipinski definition) is 0. The zero-order valence-corrected chi connectivity index (χ0v) is 11.8. The topological polar surface area (TPSA) is 51.1 Å². The number of hydrogen-bond acceptors (Lipinski definition) is 4. The van der Waals surface area contributed by atoms with Gasteiger partial charge in [-0.15, -0.1) is 0 Å². The molecular weight excluding hydrogens is 244 g/mol. The third-order valence-corrected chi connectivity index (χ3v) is 2.79. The average molecular weight is 264 g/mol. The minimum Gasteiger partial charge on any atom is -0.494 e. The molecule has 0 saturated carbocycles. The maximum absolute atomic E-state index is 11.7. The molecule has 5 nitrogen and oxygen atoms in total. The van der Waals surface area contributed by atoms with Crippen molar-refractivity contribution in [1.82, 2.24) is 4.90 Å². The first-order valence-corrected chi connectivity index (χ1v) is 6.21. The molecule has 0 fully saturated rings. The molecule has 0 atom stereocenters. The van der Waals surface area contributed by atoms with Crippen molar-refractivity contribution in [1.29, 1.82) is 0 Å². The number of rotatable bonds is 6. The first kappa shape index (κ1) is 15.0. The average Bonchev–Trinajstić information content (AvgIpc) is 2.47. The lowest BCUT2D eigenvalue weighted by molar-refractivity contribution is 0.0601. The molecule has 1 aromatic carbocycles. The molecule has 0 N–H and O–H groups in total. The number of carbonyl (C=O) groups is 1. The monoisotopic (exact) mass is 264 g/mol. The van der Waals surface area contributed by atoms with Crippen molar-refractivity contribution in [3.8, 4) is 5.75 Å². The number of para-hydroxylation sites is 1. The number of aliphatic imine (C=N–C) groups is 1. The summed E-state index contributed by atoms with van der Waals surface area (Å²) in [5.41, 5.74) is 0.883. The summed E-state index contributed by atoms with van der Waals surface area (Å²) in [4.78, 5) is 18.1. The Morgan fingerprint density at radius 3 is 2.53 bits per heavy atom. The van der Waals surface area contributed by atoms with Gasteiger partial charge in [-0.05, 0) is 26.0 Å². The van der Waals surface area contributed by atoms with Gasteiger partial charge < -0.3 is 14.4 Å². The van der Waals surface area contributed by atoms with Crippen molar-refractivity contribution in [3.05, 3.63) is 23.8 Å². The highest BCUT2D eigenvalue weighted by molar-refractivity contribution is 5.97. The molecule has 0 aliphatic carbocycles. The van der Waals surface area contributed by atoms with Crippen LogP contribution in [0, 0.1) is 0 Å². The molecule has 0 aliphatic rings. The SMILES string of the molecule is CCN(C=Nc1c(OC)cccc1C(=O)OC)CC. The molecule has 0 bridgehead atoms. The Kier molecular flexibility index (Phi) is 5.85. The van der Waals surface area contributed by atoms with Crippen LogP contribution in [0.25, 0.3) is 0 Å². The fourth-order valence-corrected chi connectivity index (χ4v) is 1.62. The zero-order chi connectivity index (χ0) is 14.3. The molecule has 0 aromatic heterocycles. The van der Waals surface area contributed by atoms with Crippen LogP contribution in [0.2, 0.25) is 0 Å². The summed E-state index contributed by atoms with van der Waals surface area (Å²) in [6, 6.07) is 5.17. The number of ether oxygens (including phenoxy) is 2. The van der Waals surface area contributed by atoms with E-state index >= 15 is 0 Å². The van der Waals surface area contributed by atoms with Crippen molar-refractivity contribution >= 4 is 18.0 Å². The smallest absolute Gasteiger partial charge is 0.340 e. The molecule has 1 rings (SSSR count). The molecule has 0 spiro atoms. The van der Waals surface area contributed by atoms with Crippen LogP contribution in [0.4, 0.5) is 5.69 Å². The van der Waals surface area contributed by atoms with E-state index in [0.717, 1.165) is 13.1 Å². The molecule has 0 heterocycles. The predicted molar refractivity (Wildman–Crippen MR) is 75.4 cm³/mol. The standard InChI is InChI=1S/C14H20N2O3/c1-5-16(6-2)10-15-13-11(14(17)19-4)8-7-9-12(13)18-3/h7-10H,5-6H2,1-4H3. The highest BCUT2D eigenvalue weighted by Crippen LogP contribution is 2.31. The second kappa shape index (κ2) is 7.41. The molecular formula is C14H20N2O3. The van der Waals surface area contributed by atoms with Gasteiger partial charge >= 0.3 is 5.97 Å². The fourth-order valence-electron chi connectivity index (χ4n) is 1.62.